The fraction of sp³-hybridized carbons (Fsp3) is 0.425. The van der Waals surface area contributed by atoms with Crippen LogP contribution in [0.2, 0.25) is 0 Å². The van der Waals surface area contributed by atoms with Crippen molar-refractivity contribution >= 4 is 18.1 Å². The zero-order chi connectivity index (χ0) is 38.2. The summed E-state index contributed by atoms with van der Waals surface area (Å²) in [6, 6.07) is 29.3. The summed E-state index contributed by atoms with van der Waals surface area (Å²) in [5, 5.41) is 33.0. The van der Waals surface area contributed by atoms with Gasteiger partial charge in [-0.3, -0.25) is 15.6 Å². The first-order valence-corrected chi connectivity index (χ1v) is 17.7. The number of aliphatic hydroxyl groups is 1. The second kappa shape index (κ2) is 23.8. The highest BCUT2D eigenvalue weighted by atomic mass is 16.6. The molecule has 0 radical (unpaired) electrons. The summed E-state index contributed by atoms with van der Waals surface area (Å²) in [5.74, 6) is 1.32. The van der Waals surface area contributed by atoms with E-state index in [0.717, 1.165) is 60.3 Å². The van der Waals surface area contributed by atoms with Crippen molar-refractivity contribution in [3.05, 3.63) is 95.6 Å². The lowest BCUT2D eigenvalue weighted by molar-refractivity contribution is -0.0406. The Morgan fingerprint density at radius 3 is 1.68 bits per heavy atom. The molecule has 2 amide bonds. The van der Waals surface area contributed by atoms with Crippen molar-refractivity contribution in [1.29, 1.82) is 10.5 Å². The minimum absolute atomic E-state index is 0.0282. The van der Waals surface area contributed by atoms with Gasteiger partial charge in [-0.1, -0.05) is 86.7 Å². The van der Waals surface area contributed by atoms with Crippen molar-refractivity contribution in [3.63, 3.8) is 0 Å². The highest BCUT2D eigenvalue weighted by molar-refractivity contribution is 6.01. The number of aliphatic imine (C=N–C) groups is 1. The molecule has 0 aromatic heterocycles. The van der Waals surface area contributed by atoms with Gasteiger partial charge < -0.3 is 28.8 Å². The molecule has 0 saturated carbocycles. The Kier molecular flexibility index (Phi) is 18.7. The number of aliphatic hydroxyl groups excluding tert-OH is 1. The lowest BCUT2D eigenvalue weighted by atomic mass is 9.80. The first-order valence-electron chi connectivity index (χ1n) is 17.7. The van der Waals surface area contributed by atoms with Crippen molar-refractivity contribution in [2.24, 2.45) is 4.99 Å². The van der Waals surface area contributed by atoms with Crippen molar-refractivity contribution in [2.75, 3.05) is 40.6 Å². The Bertz CT molecular complexity index is 1550. The molecular formula is C40H49N5O8. The molecule has 13 nitrogen and oxygen atoms in total. The van der Waals surface area contributed by atoms with Crippen LogP contribution in [0.5, 0.6) is 11.5 Å². The highest BCUT2D eigenvalue weighted by Crippen LogP contribution is 2.41. The quantitative estimate of drug-likeness (QED) is 0.0460. The first kappa shape index (κ1) is 41.8. The lowest BCUT2D eigenvalue weighted by Gasteiger charge is -2.36. The van der Waals surface area contributed by atoms with E-state index >= 15 is 0 Å². The normalized spacial score (nSPS) is 11.3. The van der Waals surface area contributed by atoms with Crippen molar-refractivity contribution in [3.8, 4) is 23.6 Å². The number of rotatable bonds is 21. The monoisotopic (exact) mass is 727 g/mol. The van der Waals surface area contributed by atoms with E-state index in [-0.39, 0.29) is 38.6 Å². The van der Waals surface area contributed by atoms with E-state index in [0.29, 0.717) is 19.4 Å². The number of carbonyl (C=O) groups is 2. The Labute approximate surface area is 311 Å². The van der Waals surface area contributed by atoms with Crippen LogP contribution < -0.4 is 20.1 Å². The molecule has 0 aliphatic heterocycles. The van der Waals surface area contributed by atoms with E-state index < -0.39 is 23.9 Å². The number of benzene rings is 3. The van der Waals surface area contributed by atoms with Gasteiger partial charge in [-0.2, -0.15) is 10.5 Å². The van der Waals surface area contributed by atoms with Gasteiger partial charge in [-0.25, -0.2) is 9.59 Å². The van der Waals surface area contributed by atoms with E-state index in [9.17, 15) is 14.7 Å². The maximum Gasteiger partial charge on any atom is 0.413 e. The van der Waals surface area contributed by atoms with Crippen LogP contribution in [0, 0.1) is 22.7 Å². The fourth-order valence-corrected chi connectivity index (χ4v) is 5.52. The summed E-state index contributed by atoms with van der Waals surface area (Å²) < 4.78 is 27.4. The third-order valence-electron chi connectivity index (χ3n) is 8.22. The Hall–Kier alpha value is -5.63. The topological polar surface area (TPSA) is 185 Å². The number of hydrogen-bond donors (Lipinski definition) is 3. The standard InChI is InChI=1S/C40H49N5O8/c1-49-35-21-17-32(18-22-35)40(31-14-8-7-9-15-31,33-19-23-36(50-2)24-20-33)53-30-34(46)16-10-5-3-4-6-11-27-43-37(44-38(47)51-28-12-25-41)45-39(48)52-29-13-26-42/h7-9,14-15,17-24,34,46H,3-6,10-13,16,27-30H2,1-2H3,(H2,43,44,45,47,48). The molecule has 0 saturated heterocycles. The zero-order valence-corrected chi connectivity index (χ0v) is 30.4. The maximum atomic E-state index is 12.0. The number of unbranched alkanes of at least 4 members (excludes halogenated alkanes) is 5. The van der Waals surface area contributed by atoms with Gasteiger partial charge in [0.05, 0.1) is 51.9 Å². The molecule has 3 N–H and O–H groups in total. The summed E-state index contributed by atoms with van der Waals surface area (Å²) in [7, 11) is 3.26. The van der Waals surface area contributed by atoms with Crippen molar-refractivity contribution in [2.45, 2.75) is 69.5 Å². The first-order chi connectivity index (χ1) is 25.9. The molecule has 13 heteroatoms. The molecule has 0 aliphatic rings. The number of alkyl carbamates (subject to hydrolysis) is 2. The number of guanidine groups is 1. The predicted molar refractivity (Wildman–Crippen MR) is 198 cm³/mol. The molecule has 0 aliphatic carbocycles. The Balaban J connectivity index is 1.52. The Morgan fingerprint density at radius 1 is 0.717 bits per heavy atom. The minimum Gasteiger partial charge on any atom is -0.497 e. The van der Waals surface area contributed by atoms with Gasteiger partial charge in [0.2, 0.25) is 5.96 Å². The third kappa shape index (κ3) is 14.1. The van der Waals surface area contributed by atoms with E-state index in [1.807, 2.05) is 91.0 Å². The number of nitriles is 2. The average Bonchev–Trinajstić information content (AvgIpc) is 3.18. The van der Waals surface area contributed by atoms with Gasteiger partial charge >= 0.3 is 12.2 Å². The van der Waals surface area contributed by atoms with Gasteiger partial charge in [-0.05, 0) is 53.8 Å². The number of hydrogen-bond acceptors (Lipinski definition) is 11. The number of methoxy groups -OCH3 is 2. The molecule has 3 rings (SSSR count). The SMILES string of the molecule is COc1ccc(C(OCC(O)CCCCCCCCN=C(NC(=O)OCCC#N)NC(=O)OCCC#N)(c2ccccc2)c2ccc(OC)cc2)cc1. The number of amides is 2. The minimum atomic E-state index is -0.996. The van der Waals surface area contributed by atoms with Crippen LogP contribution in [-0.2, 0) is 19.8 Å². The lowest BCUT2D eigenvalue weighted by Crippen LogP contribution is -2.44. The van der Waals surface area contributed by atoms with Crippen LogP contribution in [0.25, 0.3) is 0 Å². The van der Waals surface area contributed by atoms with Crippen LogP contribution in [0.4, 0.5) is 9.59 Å². The Morgan fingerprint density at radius 2 is 1.19 bits per heavy atom. The molecule has 0 bridgehead atoms. The molecule has 282 valence electrons. The van der Waals surface area contributed by atoms with Gasteiger partial charge in [0.15, 0.2) is 0 Å². The molecule has 3 aromatic carbocycles. The predicted octanol–water partition coefficient (Wildman–Crippen LogP) is 6.74. The van der Waals surface area contributed by atoms with Crippen LogP contribution in [0.3, 0.4) is 0 Å². The average molecular weight is 728 g/mol. The van der Waals surface area contributed by atoms with Gasteiger partial charge in [0.1, 0.15) is 30.3 Å². The zero-order valence-electron chi connectivity index (χ0n) is 30.4. The summed E-state index contributed by atoms with van der Waals surface area (Å²) in [6.07, 6.45) is 3.45. The molecular weight excluding hydrogens is 678 g/mol. The fourth-order valence-electron chi connectivity index (χ4n) is 5.52. The second-order valence-electron chi connectivity index (χ2n) is 11.9. The smallest absolute Gasteiger partial charge is 0.413 e. The number of ether oxygens (including phenoxy) is 5. The third-order valence-corrected chi connectivity index (χ3v) is 8.22. The summed E-state index contributed by atoms with van der Waals surface area (Å²) in [6.45, 7) is 0.239. The summed E-state index contributed by atoms with van der Waals surface area (Å²) in [5.41, 5.74) is 1.73. The van der Waals surface area contributed by atoms with Crippen LogP contribution in [0.1, 0.15) is 74.5 Å². The van der Waals surface area contributed by atoms with E-state index in [4.69, 9.17) is 34.2 Å². The molecule has 0 spiro atoms. The largest absolute Gasteiger partial charge is 0.497 e. The van der Waals surface area contributed by atoms with Gasteiger partial charge in [0, 0.05) is 6.54 Å². The summed E-state index contributed by atoms with van der Waals surface area (Å²) >= 11 is 0. The molecule has 53 heavy (non-hydrogen) atoms. The molecule has 1 atom stereocenters. The molecule has 1 unspecified atom stereocenters. The van der Waals surface area contributed by atoms with Crippen LogP contribution in [-0.4, -0.2) is 69.9 Å². The van der Waals surface area contributed by atoms with Crippen LogP contribution >= 0.6 is 0 Å². The van der Waals surface area contributed by atoms with Crippen molar-refractivity contribution < 1.29 is 38.4 Å². The molecule has 0 fully saturated rings. The number of carbonyl (C=O) groups excluding carboxylic acids is 2. The van der Waals surface area contributed by atoms with Gasteiger partial charge in [-0.15, -0.1) is 0 Å². The maximum absolute atomic E-state index is 12.0. The van der Waals surface area contributed by atoms with Crippen LogP contribution in [0.15, 0.2) is 83.9 Å². The molecule has 0 heterocycles. The number of nitrogens with zero attached hydrogens (tertiary/aromatic N) is 3. The number of nitrogens with one attached hydrogen (secondary N) is 2. The second-order valence-corrected chi connectivity index (χ2v) is 11.9. The van der Waals surface area contributed by atoms with Crippen molar-refractivity contribution in [1.82, 2.24) is 10.6 Å². The van der Waals surface area contributed by atoms with E-state index in [1.165, 1.54) is 0 Å². The van der Waals surface area contributed by atoms with Gasteiger partial charge in [0.25, 0.3) is 0 Å². The van der Waals surface area contributed by atoms with E-state index in [1.54, 1.807) is 14.2 Å². The molecule has 3 aromatic rings. The summed E-state index contributed by atoms with van der Waals surface area (Å²) in [4.78, 5) is 28.2. The van der Waals surface area contributed by atoms with E-state index in [2.05, 4.69) is 15.6 Å². The highest BCUT2D eigenvalue weighted by Gasteiger charge is 2.38.